The van der Waals surface area contributed by atoms with E-state index >= 15 is 0 Å². The number of rotatable bonds is 5. The Hall–Kier alpha value is -2.06. The molecule has 3 rings (SSSR count). The van der Waals surface area contributed by atoms with E-state index in [-0.39, 0.29) is 23.7 Å². The van der Waals surface area contributed by atoms with Crippen LogP contribution in [0.2, 0.25) is 0 Å². The molecule has 3 heterocycles. The minimum atomic E-state index is -0.536. The summed E-state index contributed by atoms with van der Waals surface area (Å²) < 4.78 is 0. The third-order valence-electron chi connectivity index (χ3n) is 5.20. The van der Waals surface area contributed by atoms with Crippen LogP contribution >= 0.6 is 0 Å². The van der Waals surface area contributed by atoms with E-state index in [2.05, 4.69) is 14.9 Å². The van der Waals surface area contributed by atoms with Gasteiger partial charge in [0.1, 0.15) is 0 Å². The second-order valence-corrected chi connectivity index (χ2v) is 6.98. The number of piperidine rings is 1. The lowest BCUT2D eigenvalue weighted by atomic mass is 9.96. The molecule has 8 nitrogen and oxygen atoms in total. The molecule has 2 saturated heterocycles. The van der Waals surface area contributed by atoms with E-state index in [1.54, 1.807) is 23.5 Å². The summed E-state index contributed by atoms with van der Waals surface area (Å²) in [7, 11) is 0. The van der Waals surface area contributed by atoms with Crippen molar-refractivity contribution in [3.05, 3.63) is 24.3 Å². The first-order valence-electron chi connectivity index (χ1n) is 8.75. The lowest BCUT2D eigenvalue weighted by molar-refractivity contribution is -0.132. The Morgan fingerprint density at radius 1 is 1.24 bits per heavy atom. The van der Waals surface area contributed by atoms with Gasteiger partial charge in [-0.2, -0.15) is 0 Å². The highest BCUT2D eigenvalue weighted by molar-refractivity contribution is 5.79. The fraction of sp³-hybridized carbons (Fsp3) is 0.647. The number of nitrogens with two attached hydrogens (primary N) is 1. The van der Waals surface area contributed by atoms with Crippen LogP contribution in [0.25, 0.3) is 0 Å². The Bertz CT molecular complexity index is 604. The quantitative estimate of drug-likeness (QED) is 0.709. The van der Waals surface area contributed by atoms with Crippen LogP contribution < -0.4 is 5.73 Å². The lowest BCUT2D eigenvalue weighted by Crippen LogP contribution is -2.44. The summed E-state index contributed by atoms with van der Waals surface area (Å²) in [6, 6.07) is 0. The van der Waals surface area contributed by atoms with Gasteiger partial charge in [-0.3, -0.25) is 24.5 Å². The maximum atomic E-state index is 12.5. The molecule has 2 fully saturated rings. The van der Waals surface area contributed by atoms with Crippen molar-refractivity contribution in [2.75, 3.05) is 32.7 Å². The lowest BCUT2D eigenvalue weighted by Gasteiger charge is -2.31. The molecule has 0 spiro atoms. The topological polar surface area (TPSA) is 113 Å². The van der Waals surface area contributed by atoms with Crippen LogP contribution in [0.4, 0.5) is 0 Å². The van der Waals surface area contributed by atoms with E-state index in [0.717, 1.165) is 5.69 Å². The van der Waals surface area contributed by atoms with Crippen LogP contribution in [0, 0.1) is 11.8 Å². The second-order valence-electron chi connectivity index (χ2n) is 6.98. The Labute approximate surface area is 147 Å². The molecule has 2 atom stereocenters. The number of primary amides is 1. The Kier molecular flexibility index (Phi) is 5.60. The van der Waals surface area contributed by atoms with E-state index in [0.29, 0.717) is 52.0 Å². The summed E-state index contributed by atoms with van der Waals surface area (Å²) >= 11 is 0. The van der Waals surface area contributed by atoms with Gasteiger partial charge < -0.3 is 15.7 Å². The Morgan fingerprint density at radius 2 is 2.00 bits per heavy atom. The van der Waals surface area contributed by atoms with Crippen molar-refractivity contribution < 1.29 is 14.7 Å². The Balaban J connectivity index is 1.48. The van der Waals surface area contributed by atoms with Crippen LogP contribution in [0.3, 0.4) is 0 Å². The number of carbonyl (C=O) groups is 2. The van der Waals surface area contributed by atoms with E-state index in [1.165, 1.54) is 0 Å². The molecule has 2 amide bonds. The van der Waals surface area contributed by atoms with Crippen molar-refractivity contribution in [3.63, 3.8) is 0 Å². The second kappa shape index (κ2) is 7.88. The Morgan fingerprint density at radius 3 is 2.64 bits per heavy atom. The van der Waals surface area contributed by atoms with Crippen LogP contribution in [-0.2, 0) is 16.0 Å². The van der Waals surface area contributed by atoms with Crippen molar-refractivity contribution in [3.8, 4) is 0 Å². The molecular formula is C17H25N5O3. The van der Waals surface area contributed by atoms with Gasteiger partial charge in [-0.25, -0.2) is 0 Å². The number of amides is 2. The summed E-state index contributed by atoms with van der Waals surface area (Å²) in [4.78, 5) is 35.8. The normalized spacial score (nSPS) is 25.2. The molecule has 0 bridgehead atoms. The zero-order chi connectivity index (χ0) is 17.8. The van der Waals surface area contributed by atoms with Gasteiger partial charge in [0.25, 0.3) is 0 Å². The number of aliphatic hydroxyl groups excluding tert-OH is 1. The molecule has 0 radical (unpaired) electrons. The molecule has 0 aromatic carbocycles. The zero-order valence-corrected chi connectivity index (χ0v) is 14.3. The molecule has 1 aromatic rings. The summed E-state index contributed by atoms with van der Waals surface area (Å²) in [5.74, 6) is -0.309. The molecule has 1 aromatic heterocycles. The number of likely N-dealkylation sites (tertiary alicyclic amines) is 2. The SMILES string of the molecule is NC(=O)C1CCN(CC(=O)N2C[C@@H](Cc3cnccn3)[C@H](O)C2)CC1. The molecule has 2 aliphatic rings. The molecule has 0 saturated carbocycles. The number of carbonyl (C=O) groups excluding carboxylic acids is 2. The van der Waals surface area contributed by atoms with E-state index in [9.17, 15) is 14.7 Å². The molecule has 136 valence electrons. The monoisotopic (exact) mass is 347 g/mol. The van der Waals surface area contributed by atoms with Gasteiger partial charge >= 0.3 is 0 Å². The number of hydrogen-bond donors (Lipinski definition) is 2. The fourth-order valence-corrected chi connectivity index (χ4v) is 3.63. The van der Waals surface area contributed by atoms with Gasteiger partial charge in [-0.05, 0) is 32.4 Å². The van der Waals surface area contributed by atoms with E-state index < -0.39 is 6.10 Å². The maximum Gasteiger partial charge on any atom is 0.236 e. The van der Waals surface area contributed by atoms with Crippen LogP contribution in [0.15, 0.2) is 18.6 Å². The van der Waals surface area contributed by atoms with Gasteiger partial charge in [-0.15, -0.1) is 0 Å². The number of β-amino-alcohol motifs (C(OH)–C–C–N with tert-alkyl or cyclic N) is 1. The highest BCUT2D eigenvalue weighted by Crippen LogP contribution is 2.22. The maximum absolute atomic E-state index is 12.5. The van der Waals surface area contributed by atoms with Crippen molar-refractivity contribution in [2.45, 2.75) is 25.4 Å². The standard InChI is InChI=1S/C17H25N5O3/c18-17(25)12-1-5-21(6-2-12)11-16(24)22-9-13(15(23)10-22)7-14-8-19-3-4-20-14/h3-4,8,12-13,15,23H,1-2,5-7,9-11H2,(H2,18,25)/t13-,15-/m1/s1. The molecule has 0 unspecified atom stereocenters. The van der Waals surface area contributed by atoms with Gasteiger partial charge in [-0.1, -0.05) is 0 Å². The van der Waals surface area contributed by atoms with Crippen molar-refractivity contribution in [2.24, 2.45) is 17.6 Å². The van der Waals surface area contributed by atoms with Crippen LogP contribution in [0.5, 0.6) is 0 Å². The van der Waals surface area contributed by atoms with Gasteiger partial charge in [0.05, 0.1) is 18.3 Å². The smallest absolute Gasteiger partial charge is 0.236 e. The van der Waals surface area contributed by atoms with Crippen LogP contribution in [0.1, 0.15) is 18.5 Å². The van der Waals surface area contributed by atoms with Crippen molar-refractivity contribution in [1.29, 1.82) is 0 Å². The summed E-state index contributed by atoms with van der Waals surface area (Å²) in [6.45, 7) is 2.64. The fourth-order valence-electron chi connectivity index (χ4n) is 3.63. The molecule has 0 aliphatic carbocycles. The number of nitrogens with zero attached hydrogens (tertiary/aromatic N) is 4. The van der Waals surface area contributed by atoms with E-state index in [1.807, 2.05) is 0 Å². The highest BCUT2D eigenvalue weighted by atomic mass is 16.3. The van der Waals surface area contributed by atoms with Crippen molar-refractivity contribution in [1.82, 2.24) is 19.8 Å². The number of aromatic nitrogens is 2. The zero-order valence-electron chi connectivity index (χ0n) is 14.3. The van der Waals surface area contributed by atoms with Gasteiger partial charge in [0, 0.05) is 43.5 Å². The minimum Gasteiger partial charge on any atom is -0.391 e. The highest BCUT2D eigenvalue weighted by Gasteiger charge is 2.35. The third kappa shape index (κ3) is 4.52. The van der Waals surface area contributed by atoms with Gasteiger partial charge in [0.15, 0.2) is 0 Å². The minimum absolute atomic E-state index is 0.0127. The molecule has 8 heteroatoms. The van der Waals surface area contributed by atoms with E-state index in [4.69, 9.17) is 5.73 Å². The average molecular weight is 347 g/mol. The summed E-state index contributed by atoms with van der Waals surface area (Å²) in [6.07, 6.45) is 6.44. The largest absolute Gasteiger partial charge is 0.391 e. The molecule has 2 aliphatic heterocycles. The molecule has 25 heavy (non-hydrogen) atoms. The van der Waals surface area contributed by atoms with Crippen LogP contribution in [-0.4, -0.2) is 75.5 Å². The average Bonchev–Trinajstić information content (AvgIpc) is 2.97. The molecule has 3 N–H and O–H groups in total. The molecular weight excluding hydrogens is 322 g/mol. The first-order chi connectivity index (χ1) is 12.0. The first-order valence-corrected chi connectivity index (χ1v) is 8.75. The van der Waals surface area contributed by atoms with Gasteiger partial charge in [0.2, 0.25) is 11.8 Å². The van der Waals surface area contributed by atoms with Crippen molar-refractivity contribution >= 4 is 11.8 Å². The summed E-state index contributed by atoms with van der Waals surface area (Å²) in [5.41, 5.74) is 6.17. The predicted octanol–water partition coefficient (Wildman–Crippen LogP) is -0.964. The summed E-state index contributed by atoms with van der Waals surface area (Å²) in [5, 5.41) is 10.3. The first kappa shape index (κ1) is 17.8. The predicted molar refractivity (Wildman–Crippen MR) is 90.2 cm³/mol. The third-order valence-corrected chi connectivity index (χ3v) is 5.20. The number of aliphatic hydroxyl groups is 1. The number of hydrogen-bond acceptors (Lipinski definition) is 6.